The quantitative estimate of drug-likeness (QED) is 0.741. The summed E-state index contributed by atoms with van der Waals surface area (Å²) in [5.74, 6) is 1.07. The van der Waals surface area contributed by atoms with Crippen LogP contribution >= 0.6 is 0 Å². The van der Waals surface area contributed by atoms with E-state index in [0.717, 1.165) is 44.7 Å². The molecule has 1 heterocycles. The van der Waals surface area contributed by atoms with Gasteiger partial charge in [0.25, 0.3) is 0 Å². The molecule has 1 N–H and O–H groups in total. The molecule has 3 nitrogen and oxygen atoms in total. The van der Waals surface area contributed by atoms with Gasteiger partial charge in [0.15, 0.2) is 0 Å². The van der Waals surface area contributed by atoms with Crippen LogP contribution in [0.4, 0.5) is 0 Å². The second kappa shape index (κ2) is 7.09. The molecule has 0 aromatic heterocycles. The Labute approximate surface area is 122 Å². The van der Waals surface area contributed by atoms with Crippen molar-refractivity contribution >= 4 is 0 Å². The summed E-state index contributed by atoms with van der Waals surface area (Å²) in [6, 6.07) is 8.40. The average molecular weight is 277 g/mol. The van der Waals surface area contributed by atoms with E-state index in [2.05, 4.69) is 37.4 Å². The van der Waals surface area contributed by atoms with Crippen LogP contribution in [0.25, 0.3) is 0 Å². The molecule has 0 spiro atoms. The lowest BCUT2D eigenvalue weighted by Crippen LogP contribution is -2.36. The lowest BCUT2D eigenvalue weighted by Gasteiger charge is -2.31. The molecule has 2 unspecified atom stereocenters. The molecule has 0 bridgehead atoms. The van der Waals surface area contributed by atoms with Crippen LogP contribution in [-0.2, 0) is 11.2 Å². The van der Waals surface area contributed by atoms with Crippen molar-refractivity contribution in [2.75, 3.05) is 26.8 Å². The number of para-hydroxylation sites is 1. The van der Waals surface area contributed by atoms with E-state index in [0.29, 0.717) is 6.10 Å². The zero-order chi connectivity index (χ0) is 14.4. The van der Waals surface area contributed by atoms with Crippen LogP contribution in [0.2, 0.25) is 0 Å². The first-order chi connectivity index (χ1) is 9.67. The van der Waals surface area contributed by atoms with E-state index in [1.807, 2.05) is 6.07 Å². The molecule has 1 aromatic carbocycles. The van der Waals surface area contributed by atoms with E-state index in [-0.39, 0.29) is 5.41 Å². The lowest BCUT2D eigenvalue weighted by molar-refractivity contribution is 0.135. The molecule has 2 rings (SSSR count). The Hall–Kier alpha value is -1.06. The summed E-state index contributed by atoms with van der Waals surface area (Å²) in [7, 11) is 1.74. The number of benzene rings is 1. The second-order valence-corrected chi connectivity index (χ2v) is 6.09. The Morgan fingerprint density at radius 2 is 2.20 bits per heavy atom. The summed E-state index contributed by atoms with van der Waals surface area (Å²) in [4.78, 5) is 0. The zero-order valence-corrected chi connectivity index (χ0v) is 12.9. The highest BCUT2D eigenvalue weighted by molar-refractivity contribution is 5.37. The minimum Gasteiger partial charge on any atom is -0.490 e. The topological polar surface area (TPSA) is 30.5 Å². The van der Waals surface area contributed by atoms with Gasteiger partial charge in [-0.05, 0) is 29.9 Å². The molecule has 0 fully saturated rings. The van der Waals surface area contributed by atoms with Gasteiger partial charge in [-0.15, -0.1) is 0 Å². The van der Waals surface area contributed by atoms with Gasteiger partial charge in [-0.1, -0.05) is 32.0 Å². The zero-order valence-electron chi connectivity index (χ0n) is 12.9. The number of hydrogen-bond donors (Lipinski definition) is 1. The molecule has 1 aliphatic heterocycles. The number of rotatable bonds is 8. The Balaban J connectivity index is 1.85. The number of methoxy groups -OCH3 is 1. The smallest absolute Gasteiger partial charge is 0.123 e. The molecule has 1 aliphatic rings. The molecule has 3 heteroatoms. The van der Waals surface area contributed by atoms with Crippen molar-refractivity contribution in [3.05, 3.63) is 29.8 Å². The van der Waals surface area contributed by atoms with E-state index in [4.69, 9.17) is 9.47 Å². The average Bonchev–Trinajstić information content (AvgIpc) is 2.85. The van der Waals surface area contributed by atoms with Gasteiger partial charge in [0, 0.05) is 26.6 Å². The normalized spacial score (nSPS) is 20.2. The molecule has 0 amide bonds. The van der Waals surface area contributed by atoms with Gasteiger partial charge in [-0.25, -0.2) is 0 Å². The van der Waals surface area contributed by atoms with Gasteiger partial charge in [-0.2, -0.15) is 0 Å². The van der Waals surface area contributed by atoms with E-state index in [1.165, 1.54) is 5.56 Å². The van der Waals surface area contributed by atoms with Crippen molar-refractivity contribution in [2.45, 2.75) is 39.2 Å². The number of fused-ring (bicyclic) bond motifs is 1. The number of hydrogen-bond acceptors (Lipinski definition) is 3. The third kappa shape index (κ3) is 3.97. The summed E-state index contributed by atoms with van der Waals surface area (Å²) in [6.07, 6.45) is 3.62. The third-order valence-corrected chi connectivity index (χ3v) is 4.32. The number of nitrogens with one attached hydrogen (secondary N) is 1. The van der Waals surface area contributed by atoms with Gasteiger partial charge in [0.1, 0.15) is 11.9 Å². The maximum Gasteiger partial charge on any atom is 0.123 e. The standard InChI is InChI=1S/C17H27NO2/c1-4-17(2,13-18-9-10-19-3)12-15-11-14-7-5-6-8-16(14)20-15/h5-8,15,18H,4,9-13H2,1-3H3. The van der Waals surface area contributed by atoms with Crippen molar-refractivity contribution in [3.8, 4) is 5.75 Å². The van der Waals surface area contributed by atoms with Crippen LogP contribution in [0.1, 0.15) is 32.3 Å². The van der Waals surface area contributed by atoms with Gasteiger partial charge in [-0.3, -0.25) is 0 Å². The maximum atomic E-state index is 6.08. The van der Waals surface area contributed by atoms with Gasteiger partial charge < -0.3 is 14.8 Å². The minimum atomic E-state index is 0.278. The maximum absolute atomic E-state index is 6.08. The highest BCUT2D eigenvalue weighted by atomic mass is 16.5. The number of ether oxygens (including phenoxy) is 2. The molecule has 0 saturated carbocycles. The first-order valence-electron chi connectivity index (χ1n) is 7.61. The highest BCUT2D eigenvalue weighted by Crippen LogP contribution is 2.35. The Kier molecular flexibility index (Phi) is 5.44. The molecule has 1 aromatic rings. The van der Waals surface area contributed by atoms with E-state index in [9.17, 15) is 0 Å². The van der Waals surface area contributed by atoms with Crippen molar-refractivity contribution < 1.29 is 9.47 Å². The van der Waals surface area contributed by atoms with Gasteiger partial charge in [0.2, 0.25) is 0 Å². The van der Waals surface area contributed by atoms with Crippen LogP contribution in [-0.4, -0.2) is 32.9 Å². The molecule has 112 valence electrons. The first-order valence-corrected chi connectivity index (χ1v) is 7.61. The Morgan fingerprint density at radius 3 is 2.90 bits per heavy atom. The van der Waals surface area contributed by atoms with Crippen LogP contribution in [0.3, 0.4) is 0 Å². The molecule has 20 heavy (non-hydrogen) atoms. The SMILES string of the molecule is CCC(C)(CNCCOC)CC1Cc2ccccc2O1. The van der Waals surface area contributed by atoms with Crippen molar-refractivity contribution in [2.24, 2.45) is 5.41 Å². The molecule has 0 aliphatic carbocycles. The summed E-state index contributed by atoms with van der Waals surface area (Å²) in [6.45, 7) is 7.31. The summed E-state index contributed by atoms with van der Waals surface area (Å²) in [5, 5.41) is 3.49. The van der Waals surface area contributed by atoms with Crippen LogP contribution in [0.5, 0.6) is 5.75 Å². The van der Waals surface area contributed by atoms with E-state index in [1.54, 1.807) is 7.11 Å². The summed E-state index contributed by atoms with van der Waals surface area (Å²) in [5.41, 5.74) is 1.63. The summed E-state index contributed by atoms with van der Waals surface area (Å²) >= 11 is 0. The second-order valence-electron chi connectivity index (χ2n) is 6.09. The minimum absolute atomic E-state index is 0.278. The molecule has 2 atom stereocenters. The Morgan fingerprint density at radius 1 is 1.40 bits per heavy atom. The van der Waals surface area contributed by atoms with E-state index >= 15 is 0 Å². The van der Waals surface area contributed by atoms with Gasteiger partial charge >= 0.3 is 0 Å². The molecular formula is C17H27NO2. The first kappa shape index (κ1) is 15.3. The predicted molar refractivity (Wildman–Crippen MR) is 82.3 cm³/mol. The fourth-order valence-electron chi connectivity index (χ4n) is 2.82. The Bertz CT molecular complexity index is 396. The molecule has 0 saturated heterocycles. The highest BCUT2D eigenvalue weighted by Gasteiger charge is 2.31. The van der Waals surface area contributed by atoms with E-state index < -0.39 is 0 Å². The van der Waals surface area contributed by atoms with Crippen LogP contribution in [0.15, 0.2) is 24.3 Å². The summed E-state index contributed by atoms with van der Waals surface area (Å²) < 4.78 is 11.2. The fourth-order valence-corrected chi connectivity index (χ4v) is 2.82. The molecule has 0 radical (unpaired) electrons. The van der Waals surface area contributed by atoms with Crippen molar-refractivity contribution in [1.29, 1.82) is 0 Å². The van der Waals surface area contributed by atoms with Crippen LogP contribution < -0.4 is 10.1 Å². The van der Waals surface area contributed by atoms with Crippen molar-refractivity contribution in [3.63, 3.8) is 0 Å². The fraction of sp³-hybridized carbons (Fsp3) is 0.647. The predicted octanol–water partition coefficient (Wildman–Crippen LogP) is 3.03. The molecular weight excluding hydrogens is 250 g/mol. The largest absolute Gasteiger partial charge is 0.490 e. The lowest BCUT2D eigenvalue weighted by atomic mass is 9.81. The van der Waals surface area contributed by atoms with Crippen LogP contribution in [0, 0.1) is 5.41 Å². The third-order valence-electron chi connectivity index (χ3n) is 4.32. The van der Waals surface area contributed by atoms with Gasteiger partial charge in [0.05, 0.1) is 6.61 Å². The monoisotopic (exact) mass is 277 g/mol. The van der Waals surface area contributed by atoms with Crippen molar-refractivity contribution in [1.82, 2.24) is 5.32 Å².